The Kier molecular flexibility index (Phi) is 4.20. The monoisotopic (exact) mass is 346 g/mol. The molecule has 2 atom stereocenters. The van der Waals surface area contributed by atoms with Crippen LogP contribution in [0.1, 0.15) is 18.0 Å². The molecule has 122 valence electrons. The average molecular weight is 347 g/mol. The molecule has 3 rings (SSSR count). The van der Waals surface area contributed by atoms with Crippen LogP contribution >= 0.6 is 23.2 Å². The first kappa shape index (κ1) is 16.1. The first-order valence-corrected chi connectivity index (χ1v) is 8.07. The lowest BCUT2D eigenvalue weighted by molar-refractivity contribution is -0.954. The van der Waals surface area contributed by atoms with Gasteiger partial charge in [-0.1, -0.05) is 23.2 Å². The third-order valence-electron chi connectivity index (χ3n) is 4.20. The van der Waals surface area contributed by atoms with Gasteiger partial charge in [0.25, 0.3) is 0 Å². The third-order valence-corrected chi connectivity index (χ3v) is 4.86. The lowest BCUT2D eigenvalue weighted by atomic mass is 9.91. The van der Waals surface area contributed by atoms with Crippen LogP contribution in [-0.4, -0.2) is 54.4 Å². The lowest BCUT2D eigenvalue weighted by Gasteiger charge is -2.62. The van der Waals surface area contributed by atoms with Crippen molar-refractivity contribution in [3.8, 4) is 11.5 Å². The second kappa shape index (κ2) is 5.73. The number of halogens is 2. The molecule has 0 bridgehead atoms. The van der Waals surface area contributed by atoms with Gasteiger partial charge in [0.05, 0.1) is 6.54 Å². The summed E-state index contributed by atoms with van der Waals surface area (Å²) in [5.74, 6) is 1.34. The molecule has 2 aliphatic heterocycles. The summed E-state index contributed by atoms with van der Waals surface area (Å²) in [7, 11) is 3.99. The van der Waals surface area contributed by atoms with Crippen LogP contribution < -0.4 is 9.47 Å². The Hall–Kier alpha value is -0.720. The topological polar surface area (TPSA) is 44.8 Å². The Balaban J connectivity index is 1.79. The summed E-state index contributed by atoms with van der Waals surface area (Å²) in [6.07, 6.45) is 0.807. The van der Waals surface area contributed by atoms with Crippen molar-refractivity contribution in [2.75, 3.05) is 40.5 Å². The number of benzene rings is 1. The lowest BCUT2D eigenvalue weighted by Crippen LogP contribution is -2.68. The van der Waals surface area contributed by atoms with Crippen LogP contribution in [0.5, 0.6) is 11.5 Å². The fraction of sp³-hybridized carbons (Fsp3) is 0.600. The molecule has 7 heteroatoms. The van der Waals surface area contributed by atoms with Gasteiger partial charge in [-0.3, -0.25) is 0 Å². The smallest absolute Gasteiger partial charge is 0.231 e. The van der Waals surface area contributed by atoms with E-state index in [0.717, 1.165) is 18.5 Å². The molecule has 0 saturated carbocycles. The highest BCUT2D eigenvalue weighted by Gasteiger charge is 2.60. The largest absolute Gasteiger partial charge is 0.632 e. The van der Waals surface area contributed by atoms with E-state index in [9.17, 15) is 5.21 Å². The van der Waals surface area contributed by atoms with Crippen LogP contribution in [0, 0.1) is 5.21 Å². The predicted octanol–water partition coefficient (Wildman–Crippen LogP) is 2.91. The molecule has 0 amide bonds. The van der Waals surface area contributed by atoms with E-state index in [1.807, 2.05) is 32.3 Å². The van der Waals surface area contributed by atoms with Crippen molar-refractivity contribution >= 4 is 23.2 Å². The first-order valence-electron chi connectivity index (χ1n) is 7.32. The molecule has 22 heavy (non-hydrogen) atoms. The van der Waals surface area contributed by atoms with Crippen molar-refractivity contribution in [1.29, 1.82) is 0 Å². The quantitative estimate of drug-likeness (QED) is 0.467. The minimum atomic E-state index is -1.03. The van der Waals surface area contributed by atoms with Gasteiger partial charge in [0.1, 0.15) is 6.54 Å². The maximum absolute atomic E-state index is 13.1. The normalized spacial score (nSPS) is 28.7. The molecule has 0 aliphatic carbocycles. The van der Waals surface area contributed by atoms with E-state index in [4.69, 9.17) is 32.7 Å². The molecule has 0 N–H and O–H groups in total. The Morgan fingerprint density at radius 3 is 2.73 bits per heavy atom. The molecule has 0 spiro atoms. The second-order valence-corrected chi connectivity index (χ2v) is 7.81. The van der Waals surface area contributed by atoms with Crippen molar-refractivity contribution in [1.82, 2.24) is 4.90 Å². The Bertz CT molecular complexity index is 568. The number of hydrogen-bond acceptors (Lipinski definition) is 4. The number of rotatable bonds is 5. The van der Waals surface area contributed by atoms with Gasteiger partial charge in [-0.05, 0) is 32.3 Å². The number of likely N-dealkylation sites (tertiary alicyclic amines) is 1. The molecule has 5 nitrogen and oxygen atoms in total. The maximum Gasteiger partial charge on any atom is 0.231 e. The third kappa shape index (κ3) is 2.88. The Morgan fingerprint density at radius 2 is 2.05 bits per heavy atom. The fourth-order valence-corrected chi connectivity index (χ4v) is 4.24. The standard InChI is InChI=1S/C15H20Cl2N2O3/c1-18(2)6-3-7-19(20)9-15(16,17)14(19)11-4-5-12-13(8-11)22-10-21-12/h4-5,8,14H,3,6-7,9-10H2,1-2H3. The van der Waals surface area contributed by atoms with E-state index in [0.29, 0.717) is 18.0 Å². The minimum Gasteiger partial charge on any atom is -0.632 e. The number of hydrogen-bond donors (Lipinski definition) is 0. The van der Waals surface area contributed by atoms with E-state index < -0.39 is 10.4 Å². The Labute approximate surface area is 140 Å². The van der Waals surface area contributed by atoms with Gasteiger partial charge < -0.3 is 24.2 Å². The van der Waals surface area contributed by atoms with Crippen molar-refractivity contribution < 1.29 is 14.1 Å². The van der Waals surface area contributed by atoms with E-state index in [1.54, 1.807) is 0 Å². The van der Waals surface area contributed by atoms with Gasteiger partial charge in [0.15, 0.2) is 17.5 Å². The van der Waals surface area contributed by atoms with Crippen LogP contribution in [-0.2, 0) is 0 Å². The molecule has 2 aliphatic rings. The molecule has 0 aromatic heterocycles. The van der Waals surface area contributed by atoms with Crippen LogP contribution in [0.25, 0.3) is 0 Å². The summed E-state index contributed by atoms with van der Waals surface area (Å²) >= 11 is 12.7. The number of quaternary nitrogens is 1. The second-order valence-electron chi connectivity index (χ2n) is 6.27. The molecule has 1 saturated heterocycles. The van der Waals surface area contributed by atoms with E-state index in [1.165, 1.54) is 0 Å². The summed E-state index contributed by atoms with van der Waals surface area (Å²) in [5, 5.41) is 13.1. The number of hydroxylamine groups is 3. The zero-order chi connectivity index (χ0) is 16.0. The number of alkyl halides is 2. The van der Waals surface area contributed by atoms with Crippen molar-refractivity contribution in [3.05, 3.63) is 29.0 Å². The molecular weight excluding hydrogens is 327 g/mol. The molecule has 2 unspecified atom stereocenters. The summed E-state index contributed by atoms with van der Waals surface area (Å²) < 4.78 is 9.26. The molecule has 0 radical (unpaired) electrons. The molecule has 1 fully saturated rings. The van der Waals surface area contributed by atoms with Crippen molar-refractivity contribution in [2.24, 2.45) is 0 Å². The van der Waals surface area contributed by atoms with E-state index in [2.05, 4.69) is 4.90 Å². The van der Waals surface area contributed by atoms with Gasteiger partial charge in [-0.15, -0.1) is 0 Å². The van der Waals surface area contributed by atoms with Gasteiger partial charge in [0.2, 0.25) is 11.1 Å². The molecule has 2 heterocycles. The van der Waals surface area contributed by atoms with Crippen LogP contribution in [0.3, 0.4) is 0 Å². The fourth-order valence-electron chi connectivity index (χ4n) is 3.23. The Morgan fingerprint density at radius 1 is 1.32 bits per heavy atom. The highest BCUT2D eigenvalue weighted by Crippen LogP contribution is 2.55. The number of nitrogens with zero attached hydrogens (tertiary/aromatic N) is 2. The van der Waals surface area contributed by atoms with E-state index in [-0.39, 0.29) is 18.0 Å². The summed E-state index contributed by atoms with van der Waals surface area (Å²) in [4.78, 5) is 2.07. The molecule has 1 aromatic carbocycles. The zero-order valence-electron chi connectivity index (χ0n) is 12.7. The number of ether oxygens (including phenoxy) is 2. The van der Waals surface area contributed by atoms with Crippen LogP contribution in [0.4, 0.5) is 0 Å². The van der Waals surface area contributed by atoms with Gasteiger partial charge in [-0.2, -0.15) is 0 Å². The predicted molar refractivity (Wildman–Crippen MR) is 86.3 cm³/mol. The molecule has 1 aromatic rings. The maximum atomic E-state index is 13.1. The minimum absolute atomic E-state index is 0.205. The van der Waals surface area contributed by atoms with Gasteiger partial charge in [0, 0.05) is 18.5 Å². The molecular formula is C15H20Cl2N2O3. The van der Waals surface area contributed by atoms with Gasteiger partial charge in [-0.25, -0.2) is 0 Å². The first-order chi connectivity index (χ1) is 10.3. The number of fused-ring (bicyclic) bond motifs is 1. The van der Waals surface area contributed by atoms with Crippen LogP contribution in [0.2, 0.25) is 0 Å². The summed E-state index contributed by atoms with van der Waals surface area (Å²) in [5.41, 5.74) is 0.806. The van der Waals surface area contributed by atoms with E-state index >= 15 is 0 Å². The highest BCUT2D eigenvalue weighted by molar-refractivity contribution is 6.49. The zero-order valence-corrected chi connectivity index (χ0v) is 14.2. The van der Waals surface area contributed by atoms with Crippen molar-refractivity contribution in [3.63, 3.8) is 0 Å². The average Bonchev–Trinajstić information content (AvgIpc) is 2.83. The van der Waals surface area contributed by atoms with Crippen molar-refractivity contribution in [2.45, 2.75) is 16.8 Å². The summed E-state index contributed by atoms with van der Waals surface area (Å²) in [6.45, 7) is 1.78. The highest BCUT2D eigenvalue weighted by atomic mass is 35.5. The SMILES string of the molecule is CN(C)CCC[N+]1([O-])CC(Cl)(Cl)C1c1ccc2c(c1)OCO2. The van der Waals surface area contributed by atoms with Crippen LogP contribution in [0.15, 0.2) is 18.2 Å². The van der Waals surface area contributed by atoms with Gasteiger partial charge >= 0.3 is 0 Å². The summed E-state index contributed by atoms with van der Waals surface area (Å²) in [6, 6.07) is 4.99.